The molecule has 8 heteroatoms. The topological polar surface area (TPSA) is 108 Å². The molecule has 8 nitrogen and oxygen atoms in total. The molecule has 0 bridgehead atoms. The zero-order chi connectivity index (χ0) is 19.0. The van der Waals surface area contributed by atoms with Gasteiger partial charge in [0, 0.05) is 18.7 Å². The Morgan fingerprint density at radius 2 is 1.89 bits per heavy atom. The van der Waals surface area contributed by atoms with Crippen molar-refractivity contribution in [2.75, 3.05) is 25.0 Å². The van der Waals surface area contributed by atoms with Crippen molar-refractivity contribution in [3.05, 3.63) is 29.3 Å². The van der Waals surface area contributed by atoms with E-state index in [0.717, 1.165) is 36.6 Å². The van der Waals surface area contributed by atoms with Gasteiger partial charge in [-0.15, -0.1) is 0 Å². The van der Waals surface area contributed by atoms with Gasteiger partial charge in [0.05, 0.1) is 11.1 Å². The average molecular weight is 370 g/mol. The van der Waals surface area contributed by atoms with E-state index in [1.54, 1.807) is 18.2 Å². The fourth-order valence-corrected chi connectivity index (χ4v) is 3.96. The quantitative estimate of drug-likeness (QED) is 0.652. The van der Waals surface area contributed by atoms with Gasteiger partial charge >= 0.3 is 0 Å². The van der Waals surface area contributed by atoms with Crippen molar-refractivity contribution in [2.45, 2.75) is 31.7 Å². The molecule has 1 aromatic rings. The molecule has 0 saturated carbocycles. The summed E-state index contributed by atoms with van der Waals surface area (Å²) in [4.78, 5) is 49.8. The first-order valence-corrected chi connectivity index (χ1v) is 9.35. The molecular weight excluding hydrogens is 348 g/mol. The third kappa shape index (κ3) is 3.32. The molecule has 0 radical (unpaired) electrons. The smallest absolute Gasteiger partial charge is 0.262 e. The Balaban J connectivity index is 1.46. The molecule has 0 spiro atoms. The zero-order valence-electron chi connectivity index (χ0n) is 14.9. The van der Waals surface area contributed by atoms with Gasteiger partial charge in [-0.05, 0) is 56.5 Å². The van der Waals surface area contributed by atoms with Crippen LogP contribution < -0.4 is 16.0 Å². The lowest BCUT2D eigenvalue weighted by Crippen LogP contribution is -2.54. The number of anilines is 1. The number of rotatable bonds is 5. The molecule has 3 aliphatic heterocycles. The van der Waals surface area contributed by atoms with E-state index in [0.29, 0.717) is 17.0 Å². The van der Waals surface area contributed by atoms with Crippen molar-refractivity contribution in [1.29, 1.82) is 0 Å². The van der Waals surface area contributed by atoms with Crippen molar-refractivity contribution in [3.63, 3.8) is 0 Å². The fourth-order valence-electron chi connectivity index (χ4n) is 3.96. The van der Waals surface area contributed by atoms with Gasteiger partial charge in [0.2, 0.25) is 11.8 Å². The molecule has 0 aliphatic carbocycles. The van der Waals surface area contributed by atoms with E-state index in [1.807, 2.05) is 0 Å². The predicted molar refractivity (Wildman–Crippen MR) is 97.2 cm³/mol. The summed E-state index contributed by atoms with van der Waals surface area (Å²) in [6.45, 7) is 2.90. The van der Waals surface area contributed by atoms with Crippen molar-refractivity contribution in [1.82, 2.24) is 15.5 Å². The highest BCUT2D eigenvalue weighted by molar-refractivity contribution is 6.23. The summed E-state index contributed by atoms with van der Waals surface area (Å²) < 4.78 is 0. The number of amides is 4. The number of nitrogens with one attached hydrogen (secondary N) is 3. The number of hydrogen-bond acceptors (Lipinski definition) is 6. The van der Waals surface area contributed by atoms with Gasteiger partial charge < -0.3 is 10.6 Å². The summed E-state index contributed by atoms with van der Waals surface area (Å²) >= 11 is 0. The standard InChI is InChI=1S/C19H22N4O4/c24-16-4-3-15(17(25)22-16)23-18(26)13-2-1-12(9-14(13)19(23)27)21-8-6-11-5-7-20-10-11/h1-2,9,11,15,20-21H,3-8,10H2,(H,22,24,25)/t11-,15?/m1/s1. The van der Waals surface area contributed by atoms with Gasteiger partial charge in [-0.1, -0.05) is 0 Å². The average Bonchev–Trinajstić information content (AvgIpc) is 3.24. The molecular formula is C19H22N4O4. The van der Waals surface area contributed by atoms with Gasteiger partial charge in [0.15, 0.2) is 0 Å². The third-order valence-corrected chi connectivity index (χ3v) is 5.48. The van der Waals surface area contributed by atoms with Crippen LogP contribution >= 0.6 is 0 Å². The molecule has 2 saturated heterocycles. The van der Waals surface area contributed by atoms with Crippen LogP contribution in [-0.2, 0) is 9.59 Å². The number of hydrogen-bond donors (Lipinski definition) is 3. The third-order valence-electron chi connectivity index (χ3n) is 5.48. The van der Waals surface area contributed by atoms with Gasteiger partial charge in [-0.3, -0.25) is 29.4 Å². The minimum absolute atomic E-state index is 0.118. The Bertz CT molecular complexity index is 816. The molecule has 3 aliphatic rings. The second kappa shape index (κ2) is 7.11. The monoisotopic (exact) mass is 370 g/mol. The minimum Gasteiger partial charge on any atom is -0.385 e. The molecule has 2 atom stereocenters. The minimum atomic E-state index is -0.929. The summed E-state index contributed by atoms with van der Waals surface area (Å²) in [5.74, 6) is -1.26. The normalized spacial score (nSPS) is 25.0. The van der Waals surface area contributed by atoms with Crippen LogP contribution in [0, 0.1) is 5.92 Å². The van der Waals surface area contributed by atoms with Crippen LogP contribution in [0.2, 0.25) is 0 Å². The van der Waals surface area contributed by atoms with Crippen molar-refractivity contribution in [2.24, 2.45) is 5.92 Å². The van der Waals surface area contributed by atoms with Crippen molar-refractivity contribution < 1.29 is 19.2 Å². The number of fused-ring (bicyclic) bond motifs is 1. The first-order chi connectivity index (χ1) is 13.0. The maximum absolute atomic E-state index is 12.8. The van der Waals surface area contributed by atoms with Crippen LogP contribution in [0.1, 0.15) is 46.4 Å². The van der Waals surface area contributed by atoms with Gasteiger partial charge in [0.1, 0.15) is 6.04 Å². The largest absolute Gasteiger partial charge is 0.385 e. The second-order valence-electron chi connectivity index (χ2n) is 7.28. The highest BCUT2D eigenvalue weighted by Gasteiger charge is 2.44. The lowest BCUT2D eigenvalue weighted by Gasteiger charge is -2.27. The molecule has 4 rings (SSSR count). The summed E-state index contributed by atoms with van der Waals surface area (Å²) in [5, 5.41) is 8.85. The number of carbonyl (C=O) groups excluding carboxylic acids is 4. The Morgan fingerprint density at radius 3 is 2.63 bits per heavy atom. The van der Waals surface area contributed by atoms with E-state index < -0.39 is 23.8 Å². The van der Waals surface area contributed by atoms with E-state index in [1.165, 1.54) is 6.42 Å². The van der Waals surface area contributed by atoms with Crippen LogP contribution in [0.3, 0.4) is 0 Å². The van der Waals surface area contributed by atoms with E-state index in [4.69, 9.17) is 0 Å². The lowest BCUT2D eigenvalue weighted by atomic mass is 10.0. The molecule has 3 N–H and O–H groups in total. The molecule has 1 unspecified atom stereocenters. The first-order valence-electron chi connectivity index (χ1n) is 9.35. The van der Waals surface area contributed by atoms with E-state index in [-0.39, 0.29) is 18.7 Å². The molecule has 0 aromatic heterocycles. The molecule has 3 heterocycles. The fraction of sp³-hybridized carbons (Fsp3) is 0.474. The van der Waals surface area contributed by atoms with Crippen LogP contribution in [0.4, 0.5) is 5.69 Å². The summed E-state index contributed by atoms with van der Waals surface area (Å²) in [5.41, 5.74) is 1.39. The first kappa shape index (κ1) is 17.7. The van der Waals surface area contributed by atoms with E-state index in [9.17, 15) is 19.2 Å². The maximum atomic E-state index is 12.8. The number of nitrogens with zero attached hydrogens (tertiary/aromatic N) is 1. The molecule has 142 valence electrons. The van der Waals surface area contributed by atoms with E-state index >= 15 is 0 Å². The number of piperidine rings is 1. The SMILES string of the molecule is O=C1CCC(N2C(=O)c3ccc(NCC[C@H]4CCNC4)cc3C2=O)C(=O)N1. The van der Waals surface area contributed by atoms with Gasteiger partial charge in [-0.2, -0.15) is 0 Å². The molecule has 1 aromatic carbocycles. The summed E-state index contributed by atoms with van der Waals surface area (Å²) in [6.07, 6.45) is 2.50. The van der Waals surface area contributed by atoms with Crippen LogP contribution in [0.15, 0.2) is 18.2 Å². The van der Waals surface area contributed by atoms with Gasteiger partial charge in [0.25, 0.3) is 11.8 Å². The Morgan fingerprint density at radius 1 is 1.07 bits per heavy atom. The molecule has 2 fully saturated rings. The lowest BCUT2D eigenvalue weighted by molar-refractivity contribution is -0.136. The Hall–Kier alpha value is -2.74. The van der Waals surface area contributed by atoms with Crippen molar-refractivity contribution >= 4 is 29.3 Å². The second-order valence-corrected chi connectivity index (χ2v) is 7.28. The Labute approximate surface area is 156 Å². The Kier molecular flexibility index (Phi) is 4.65. The summed E-state index contributed by atoms with van der Waals surface area (Å²) in [7, 11) is 0. The highest BCUT2D eigenvalue weighted by Crippen LogP contribution is 2.29. The maximum Gasteiger partial charge on any atom is 0.262 e. The zero-order valence-corrected chi connectivity index (χ0v) is 14.9. The van der Waals surface area contributed by atoms with Gasteiger partial charge in [-0.25, -0.2) is 0 Å². The number of carbonyl (C=O) groups is 4. The molecule has 4 amide bonds. The number of benzene rings is 1. The predicted octanol–water partition coefficient (Wildman–Crippen LogP) is 0.499. The highest BCUT2D eigenvalue weighted by atomic mass is 16.2. The summed E-state index contributed by atoms with van der Waals surface area (Å²) in [6, 6.07) is 4.15. The van der Waals surface area contributed by atoms with Crippen LogP contribution in [0.25, 0.3) is 0 Å². The molecule has 27 heavy (non-hydrogen) atoms. The van der Waals surface area contributed by atoms with E-state index in [2.05, 4.69) is 16.0 Å². The van der Waals surface area contributed by atoms with Crippen molar-refractivity contribution in [3.8, 4) is 0 Å². The van der Waals surface area contributed by atoms with Crippen LogP contribution in [-0.4, -0.2) is 54.2 Å². The van der Waals surface area contributed by atoms with Crippen LogP contribution in [0.5, 0.6) is 0 Å². The number of imide groups is 2.